The number of hydrogen-bond acceptors (Lipinski definition) is 2. The van der Waals surface area contributed by atoms with Crippen LogP contribution >= 0.6 is 0 Å². The normalized spacial score (nSPS) is 26.7. The highest BCUT2D eigenvalue weighted by molar-refractivity contribution is 6.05. The molecule has 17 heavy (non-hydrogen) atoms. The predicted octanol–water partition coefficient (Wildman–Crippen LogP) is 3.04. The van der Waals surface area contributed by atoms with Crippen LogP contribution in [0, 0.1) is 11.3 Å². The van der Waals surface area contributed by atoms with Crippen molar-refractivity contribution in [1.82, 2.24) is 0 Å². The zero-order chi connectivity index (χ0) is 13.3. The summed E-state index contributed by atoms with van der Waals surface area (Å²) in [6.07, 6.45) is 6.41. The predicted molar refractivity (Wildman–Crippen MR) is 70.6 cm³/mol. The van der Waals surface area contributed by atoms with Crippen LogP contribution < -0.4 is 0 Å². The Hall–Kier alpha value is -1.15. The zero-order valence-electron chi connectivity index (χ0n) is 11.0. The summed E-state index contributed by atoms with van der Waals surface area (Å²) in [6.45, 7) is 13.4. The number of rotatable bonds is 4. The van der Waals surface area contributed by atoms with Crippen molar-refractivity contribution in [2.75, 3.05) is 0 Å². The Morgan fingerprint density at radius 2 is 2.18 bits per heavy atom. The first-order valence-corrected chi connectivity index (χ1v) is 5.98. The largest absolute Gasteiger partial charge is 0.386 e. The summed E-state index contributed by atoms with van der Waals surface area (Å²) in [5.74, 6) is 0.0963. The number of carbonyl (C=O) groups excluding carboxylic acids is 1. The van der Waals surface area contributed by atoms with Crippen LogP contribution in [-0.4, -0.2) is 16.5 Å². The van der Waals surface area contributed by atoms with Gasteiger partial charge in [-0.05, 0) is 42.7 Å². The molecule has 0 saturated heterocycles. The Morgan fingerprint density at radius 1 is 1.59 bits per heavy atom. The number of ketones is 1. The number of carbonyl (C=O) groups is 1. The van der Waals surface area contributed by atoms with E-state index in [1.165, 1.54) is 0 Å². The van der Waals surface area contributed by atoms with Gasteiger partial charge in [-0.2, -0.15) is 0 Å². The summed E-state index contributed by atoms with van der Waals surface area (Å²) in [6, 6.07) is 0. The topological polar surface area (TPSA) is 37.3 Å². The van der Waals surface area contributed by atoms with Crippen molar-refractivity contribution in [3.8, 4) is 0 Å². The van der Waals surface area contributed by atoms with Crippen molar-refractivity contribution in [2.45, 2.75) is 39.2 Å². The molecule has 0 amide bonds. The lowest BCUT2D eigenvalue weighted by atomic mass is 9.67. The molecular formula is C15H22O2. The first kappa shape index (κ1) is 13.9. The fourth-order valence-electron chi connectivity index (χ4n) is 2.22. The lowest BCUT2D eigenvalue weighted by Gasteiger charge is -2.36. The molecule has 0 aromatic carbocycles. The molecule has 0 aromatic rings. The molecule has 0 aliphatic heterocycles. The molecule has 1 aliphatic rings. The van der Waals surface area contributed by atoms with Crippen LogP contribution in [-0.2, 0) is 4.79 Å². The van der Waals surface area contributed by atoms with Crippen LogP contribution in [0.3, 0.4) is 0 Å². The van der Waals surface area contributed by atoms with Gasteiger partial charge in [0, 0.05) is 0 Å². The van der Waals surface area contributed by atoms with E-state index in [1.54, 1.807) is 19.1 Å². The van der Waals surface area contributed by atoms with E-state index in [0.29, 0.717) is 12.0 Å². The molecule has 94 valence electrons. The Labute approximate surface area is 104 Å². The first-order chi connectivity index (χ1) is 7.69. The summed E-state index contributed by atoms with van der Waals surface area (Å²) in [5, 5.41) is 9.93. The third-order valence-corrected chi connectivity index (χ3v) is 3.68. The van der Waals surface area contributed by atoms with Crippen molar-refractivity contribution in [3.05, 3.63) is 37.0 Å². The number of allylic oxidation sites excluding steroid dienone is 3. The van der Waals surface area contributed by atoms with Gasteiger partial charge in [0.2, 0.25) is 0 Å². The molecular weight excluding hydrogens is 212 g/mol. The third-order valence-electron chi connectivity index (χ3n) is 3.68. The highest BCUT2D eigenvalue weighted by Crippen LogP contribution is 2.41. The Bertz CT molecular complexity index is 372. The van der Waals surface area contributed by atoms with Gasteiger partial charge < -0.3 is 5.11 Å². The molecule has 0 radical (unpaired) electrons. The maximum absolute atomic E-state index is 11.6. The van der Waals surface area contributed by atoms with Crippen LogP contribution in [0.4, 0.5) is 0 Å². The van der Waals surface area contributed by atoms with Crippen LogP contribution in [0.2, 0.25) is 0 Å². The Balaban J connectivity index is 2.82. The van der Waals surface area contributed by atoms with E-state index in [2.05, 4.69) is 27.0 Å². The maximum atomic E-state index is 11.6. The Kier molecular flexibility index (Phi) is 3.78. The second-order valence-electron chi connectivity index (χ2n) is 5.70. The van der Waals surface area contributed by atoms with Gasteiger partial charge in [0.15, 0.2) is 5.78 Å². The second-order valence-corrected chi connectivity index (χ2v) is 5.70. The lowest BCUT2D eigenvalue weighted by Crippen LogP contribution is -2.32. The monoisotopic (exact) mass is 234 g/mol. The minimum Gasteiger partial charge on any atom is -0.386 e. The van der Waals surface area contributed by atoms with Gasteiger partial charge in [0.25, 0.3) is 0 Å². The van der Waals surface area contributed by atoms with Crippen LogP contribution in [0.5, 0.6) is 0 Å². The fraction of sp³-hybridized carbons (Fsp3) is 0.533. The van der Waals surface area contributed by atoms with Gasteiger partial charge in [-0.1, -0.05) is 32.6 Å². The SMILES string of the molecule is C=CC(C)(O)CCC1C(=C)C(=O)C=CC1(C)C. The van der Waals surface area contributed by atoms with E-state index in [9.17, 15) is 9.90 Å². The van der Waals surface area contributed by atoms with Crippen molar-refractivity contribution >= 4 is 5.78 Å². The van der Waals surface area contributed by atoms with E-state index in [0.717, 1.165) is 6.42 Å². The van der Waals surface area contributed by atoms with E-state index in [1.807, 2.05) is 6.08 Å². The summed E-state index contributed by atoms with van der Waals surface area (Å²) in [4.78, 5) is 11.6. The molecule has 2 atom stereocenters. The number of hydrogen-bond donors (Lipinski definition) is 1. The molecule has 1 aliphatic carbocycles. The molecule has 0 bridgehead atoms. The smallest absolute Gasteiger partial charge is 0.181 e. The minimum atomic E-state index is -0.874. The fourth-order valence-corrected chi connectivity index (χ4v) is 2.22. The molecule has 0 saturated carbocycles. The zero-order valence-corrected chi connectivity index (χ0v) is 11.0. The third kappa shape index (κ3) is 3.16. The number of aliphatic hydroxyl groups is 1. The van der Waals surface area contributed by atoms with Gasteiger partial charge in [-0.25, -0.2) is 0 Å². The molecule has 2 unspecified atom stereocenters. The lowest BCUT2D eigenvalue weighted by molar-refractivity contribution is -0.112. The highest BCUT2D eigenvalue weighted by atomic mass is 16.3. The highest BCUT2D eigenvalue weighted by Gasteiger charge is 2.35. The van der Waals surface area contributed by atoms with Crippen molar-refractivity contribution < 1.29 is 9.90 Å². The van der Waals surface area contributed by atoms with Gasteiger partial charge in [0.1, 0.15) is 0 Å². The van der Waals surface area contributed by atoms with Gasteiger partial charge >= 0.3 is 0 Å². The average molecular weight is 234 g/mol. The van der Waals surface area contributed by atoms with Crippen LogP contribution in [0.25, 0.3) is 0 Å². The first-order valence-electron chi connectivity index (χ1n) is 5.98. The van der Waals surface area contributed by atoms with Gasteiger partial charge in [0.05, 0.1) is 5.60 Å². The van der Waals surface area contributed by atoms with Gasteiger partial charge in [-0.15, -0.1) is 6.58 Å². The van der Waals surface area contributed by atoms with Crippen LogP contribution in [0.15, 0.2) is 37.0 Å². The van der Waals surface area contributed by atoms with Crippen LogP contribution in [0.1, 0.15) is 33.6 Å². The van der Waals surface area contributed by atoms with E-state index < -0.39 is 5.60 Å². The van der Waals surface area contributed by atoms with Gasteiger partial charge in [-0.3, -0.25) is 4.79 Å². The summed E-state index contributed by atoms with van der Waals surface area (Å²) >= 11 is 0. The molecule has 0 spiro atoms. The molecule has 0 fully saturated rings. The van der Waals surface area contributed by atoms with E-state index in [4.69, 9.17) is 0 Å². The van der Waals surface area contributed by atoms with E-state index in [-0.39, 0.29) is 17.1 Å². The van der Waals surface area contributed by atoms with Crippen molar-refractivity contribution in [2.24, 2.45) is 11.3 Å². The second kappa shape index (κ2) is 4.61. The minimum absolute atomic E-state index is 0.00701. The standard InChI is InChI=1S/C15H22O2/c1-6-15(5,17)10-7-12-11(2)13(16)8-9-14(12,3)4/h6,8-9,12,17H,1-2,7,10H2,3-5H3. The molecule has 1 rings (SSSR count). The van der Waals surface area contributed by atoms with Crippen molar-refractivity contribution in [1.29, 1.82) is 0 Å². The molecule has 1 N–H and O–H groups in total. The Morgan fingerprint density at radius 3 is 2.71 bits per heavy atom. The quantitative estimate of drug-likeness (QED) is 0.599. The molecule has 0 heterocycles. The van der Waals surface area contributed by atoms with Crippen molar-refractivity contribution in [3.63, 3.8) is 0 Å². The van der Waals surface area contributed by atoms with E-state index >= 15 is 0 Å². The molecule has 2 nitrogen and oxygen atoms in total. The summed E-state index contributed by atoms with van der Waals surface area (Å²) < 4.78 is 0. The summed E-state index contributed by atoms with van der Waals surface area (Å²) in [7, 11) is 0. The summed E-state index contributed by atoms with van der Waals surface area (Å²) in [5.41, 5.74) is -0.305. The molecule has 2 heteroatoms. The molecule has 0 aromatic heterocycles. The average Bonchev–Trinajstić information content (AvgIpc) is 2.24. The maximum Gasteiger partial charge on any atom is 0.181 e.